The molecule has 1 aromatic heterocycles. The third-order valence-corrected chi connectivity index (χ3v) is 2.80. The Kier molecular flexibility index (Phi) is 4.51. The van der Waals surface area contributed by atoms with Crippen molar-refractivity contribution in [2.75, 3.05) is 17.7 Å². The second-order valence-corrected chi connectivity index (χ2v) is 4.63. The van der Waals surface area contributed by atoms with E-state index < -0.39 is 0 Å². The molecule has 1 aromatic carbocycles. The van der Waals surface area contributed by atoms with Crippen LogP contribution in [-0.4, -0.2) is 21.6 Å². The van der Waals surface area contributed by atoms with Crippen LogP contribution in [-0.2, 0) is 6.54 Å². The van der Waals surface area contributed by atoms with Gasteiger partial charge >= 0.3 is 6.01 Å². The summed E-state index contributed by atoms with van der Waals surface area (Å²) in [6, 6.07) is 8.19. The molecule has 1 heterocycles. The molecule has 100 valence electrons. The second kappa shape index (κ2) is 6.33. The zero-order valence-electron chi connectivity index (χ0n) is 10.4. The quantitative estimate of drug-likeness (QED) is 0.877. The minimum atomic E-state index is 0.136. The van der Waals surface area contributed by atoms with Crippen molar-refractivity contribution in [3.8, 4) is 6.01 Å². The first-order valence-corrected chi connectivity index (χ1v) is 6.59. The highest BCUT2D eigenvalue weighted by molar-refractivity contribution is 9.10. The summed E-state index contributed by atoms with van der Waals surface area (Å²) < 4.78 is 6.25. The van der Waals surface area contributed by atoms with Gasteiger partial charge in [-0.2, -0.15) is 15.0 Å². The maximum atomic E-state index is 5.59. The van der Waals surface area contributed by atoms with Crippen LogP contribution in [0, 0.1) is 0 Å². The van der Waals surface area contributed by atoms with E-state index in [4.69, 9.17) is 10.5 Å². The molecule has 0 unspecified atom stereocenters. The molecule has 0 saturated heterocycles. The summed E-state index contributed by atoms with van der Waals surface area (Å²) in [5.41, 5.74) is 6.70. The fraction of sp³-hybridized carbons (Fsp3) is 0.250. The number of benzene rings is 1. The lowest BCUT2D eigenvalue weighted by molar-refractivity contribution is 0.312. The summed E-state index contributed by atoms with van der Waals surface area (Å²) in [5, 5.41) is 3.08. The topological polar surface area (TPSA) is 86.0 Å². The van der Waals surface area contributed by atoms with E-state index in [2.05, 4.69) is 36.2 Å². The molecule has 2 rings (SSSR count). The van der Waals surface area contributed by atoms with E-state index in [-0.39, 0.29) is 12.0 Å². The molecule has 0 bridgehead atoms. The molecule has 7 heteroatoms. The van der Waals surface area contributed by atoms with Gasteiger partial charge in [0.2, 0.25) is 11.9 Å². The maximum Gasteiger partial charge on any atom is 0.323 e. The van der Waals surface area contributed by atoms with Crippen molar-refractivity contribution < 1.29 is 4.74 Å². The lowest BCUT2D eigenvalue weighted by Crippen LogP contribution is -2.09. The lowest BCUT2D eigenvalue weighted by atomic mass is 10.2. The van der Waals surface area contributed by atoms with Crippen LogP contribution in [0.15, 0.2) is 28.7 Å². The van der Waals surface area contributed by atoms with Crippen LogP contribution in [0.3, 0.4) is 0 Å². The summed E-state index contributed by atoms with van der Waals surface area (Å²) >= 11 is 3.39. The third-order valence-electron chi connectivity index (χ3n) is 2.27. The number of nitrogens with one attached hydrogen (secondary N) is 1. The summed E-state index contributed by atoms with van der Waals surface area (Å²) in [7, 11) is 0. The predicted molar refractivity (Wildman–Crippen MR) is 76.9 cm³/mol. The summed E-state index contributed by atoms with van der Waals surface area (Å²) in [5.74, 6) is 0.538. The molecule has 0 aliphatic heterocycles. The minimum absolute atomic E-state index is 0.136. The van der Waals surface area contributed by atoms with Crippen LogP contribution >= 0.6 is 15.9 Å². The first-order valence-electron chi connectivity index (χ1n) is 5.80. The molecule has 3 N–H and O–H groups in total. The molecule has 19 heavy (non-hydrogen) atoms. The van der Waals surface area contributed by atoms with E-state index in [0.717, 1.165) is 10.0 Å². The summed E-state index contributed by atoms with van der Waals surface area (Å²) in [6.07, 6.45) is 0. The lowest BCUT2D eigenvalue weighted by Gasteiger charge is -2.07. The Morgan fingerprint density at radius 3 is 2.63 bits per heavy atom. The SMILES string of the molecule is CCOc1nc(N)nc(NCc2ccc(Br)cc2)n1. The van der Waals surface area contributed by atoms with Crippen molar-refractivity contribution in [3.63, 3.8) is 0 Å². The van der Waals surface area contributed by atoms with E-state index in [1.54, 1.807) is 0 Å². The smallest absolute Gasteiger partial charge is 0.323 e. The molecular weight excluding hydrogens is 310 g/mol. The van der Waals surface area contributed by atoms with Gasteiger partial charge in [0.25, 0.3) is 0 Å². The molecule has 0 amide bonds. The first-order chi connectivity index (χ1) is 9.17. The molecule has 0 fully saturated rings. The molecule has 0 aliphatic carbocycles. The maximum absolute atomic E-state index is 5.59. The number of hydrogen-bond donors (Lipinski definition) is 2. The molecule has 0 atom stereocenters. The molecule has 0 aliphatic rings. The van der Waals surface area contributed by atoms with Crippen molar-refractivity contribution in [1.82, 2.24) is 15.0 Å². The number of nitrogens with two attached hydrogens (primary N) is 1. The van der Waals surface area contributed by atoms with Crippen LogP contribution < -0.4 is 15.8 Å². The van der Waals surface area contributed by atoms with Crippen molar-refractivity contribution in [2.24, 2.45) is 0 Å². The minimum Gasteiger partial charge on any atom is -0.464 e. The van der Waals surface area contributed by atoms with Crippen LogP contribution in [0.1, 0.15) is 12.5 Å². The highest BCUT2D eigenvalue weighted by Crippen LogP contribution is 2.13. The van der Waals surface area contributed by atoms with Gasteiger partial charge in [0.15, 0.2) is 0 Å². The van der Waals surface area contributed by atoms with Crippen LogP contribution in [0.5, 0.6) is 6.01 Å². The fourth-order valence-corrected chi connectivity index (χ4v) is 1.69. The monoisotopic (exact) mass is 323 g/mol. The average Bonchev–Trinajstić information content (AvgIpc) is 2.38. The van der Waals surface area contributed by atoms with Gasteiger partial charge in [0, 0.05) is 11.0 Å². The van der Waals surface area contributed by atoms with Crippen molar-refractivity contribution in [1.29, 1.82) is 0 Å². The highest BCUT2D eigenvalue weighted by Gasteiger charge is 2.04. The molecular formula is C12H14BrN5O. The Morgan fingerprint density at radius 1 is 1.21 bits per heavy atom. The van der Waals surface area contributed by atoms with E-state index in [0.29, 0.717) is 19.1 Å². The molecule has 0 saturated carbocycles. The fourth-order valence-electron chi connectivity index (χ4n) is 1.43. The van der Waals surface area contributed by atoms with Crippen LogP contribution in [0.4, 0.5) is 11.9 Å². The van der Waals surface area contributed by atoms with Crippen molar-refractivity contribution >= 4 is 27.8 Å². The van der Waals surface area contributed by atoms with Gasteiger partial charge in [0.05, 0.1) is 6.61 Å². The Hall–Kier alpha value is -1.89. The van der Waals surface area contributed by atoms with Gasteiger partial charge in [-0.25, -0.2) is 0 Å². The number of ether oxygens (including phenoxy) is 1. The molecule has 6 nitrogen and oxygen atoms in total. The van der Waals surface area contributed by atoms with Gasteiger partial charge in [-0.3, -0.25) is 0 Å². The van der Waals surface area contributed by atoms with Gasteiger partial charge in [-0.05, 0) is 24.6 Å². The normalized spacial score (nSPS) is 10.2. The van der Waals surface area contributed by atoms with E-state index in [1.807, 2.05) is 31.2 Å². The number of nitrogens with zero attached hydrogens (tertiary/aromatic N) is 3. The van der Waals surface area contributed by atoms with E-state index in [9.17, 15) is 0 Å². The number of hydrogen-bond acceptors (Lipinski definition) is 6. The predicted octanol–water partition coefficient (Wildman–Crippen LogP) is 2.23. The number of halogens is 1. The average molecular weight is 324 g/mol. The zero-order valence-corrected chi connectivity index (χ0v) is 12.0. The number of rotatable bonds is 5. The number of anilines is 2. The van der Waals surface area contributed by atoms with Crippen molar-refractivity contribution in [2.45, 2.75) is 13.5 Å². The Labute approximate surface area is 119 Å². The zero-order chi connectivity index (χ0) is 13.7. The van der Waals surface area contributed by atoms with Crippen LogP contribution in [0.25, 0.3) is 0 Å². The number of nitrogen functional groups attached to an aromatic ring is 1. The Bertz CT molecular complexity index is 546. The second-order valence-electron chi connectivity index (χ2n) is 3.71. The third kappa shape index (κ3) is 4.06. The Balaban J connectivity index is 2.04. The molecule has 0 radical (unpaired) electrons. The van der Waals surface area contributed by atoms with Gasteiger partial charge in [-0.1, -0.05) is 28.1 Å². The highest BCUT2D eigenvalue weighted by atomic mass is 79.9. The van der Waals surface area contributed by atoms with Gasteiger partial charge in [0.1, 0.15) is 0 Å². The van der Waals surface area contributed by atoms with Gasteiger partial charge < -0.3 is 15.8 Å². The largest absolute Gasteiger partial charge is 0.464 e. The Morgan fingerprint density at radius 2 is 1.95 bits per heavy atom. The van der Waals surface area contributed by atoms with E-state index in [1.165, 1.54) is 0 Å². The summed E-state index contributed by atoms with van der Waals surface area (Å²) in [6.45, 7) is 2.94. The molecule has 2 aromatic rings. The van der Waals surface area contributed by atoms with Gasteiger partial charge in [-0.15, -0.1) is 0 Å². The number of aromatic nitrogens is 3. The molecule has 0 spiro atoms. The first kappa shape index (κ1) is 13.5. The van der Waals surface area contributed by atoms with E-state index >= 15 is 0 Å². The standard InChI is InChI=1S/C12H14BrN5O/c1-2-19-12-17-10(14)16-11(18-12)15-7-8-3-5-9(13)6-4-8/h3-6H,2,7H2,1H3,(H3,14,15,16,17,18). The summed E-state index contributed by atoms with van der Waals surface area (Å²) in [4.78, 5) is 12.0. The van der Waals surface area contributed by atoms with Crippen molar-refractivity contribution in [3.05, 3.63) is 34.3 Å². The van der Waals surface area contributed by atoms with Crippen LogP contribution in [0.2, 0.25) is 0 Å².